The number of nitrogens with zero attached hydrogens (tertiary/aromatic N) is 2. The van der Waals surface area contributed by atoms with Crippen molar-refractivity contribution in [2.75, 3.05) is 29.6 Å². The lowest BCUT2D eigenvalue weighted by molar-refractivity contribution is -0.125. The van der Waals surface area contributed by atoms with E-state index in [1.165, 1.54) is 11.4 Å². The summed E-state index contributed by atoms with van der Waals surface area (Å²) in [5.41, 5.74) is 1.32. The van der Waals surface area contributed by atoms with Crippen molar-refractivity contribution in [3.05, 3.63) is 54.6 Å². The van der Waals surface area contributed by atoms with Crippen LogP contribution in [-0.2, 0) is 14.8 Å². The molecule has 0 fully saturated rings. The maximum Gasteiger partial charge on any atom is 0.267 e. The number of carbonyl (C=O) groups excluding carboxylic acids is 1. The Hall–Kier alpha value is -2.54. The molecule has 0 spiro atoms. The van der Waals surface area contributed by atoms with Crippen LogP contribution in [0, 0.1) is 0 Å². The van der Waals surface area contributed by atoms with Crippen molar-refractivity contribution in [3.8, 4) is 5.75 Å². The van der Waals surface area contributed by atoms with Gasteiger partial charge in [0.2, 0.25) is 10.0 Å². The molecule has 6 nitrogen and oxygen atoms in total. The molecule has 1 atom stereocenters. The molecule has 0 saturated carbocycles. The summed E-state index contributed by atoms with van der Waals surface area (Å²) in [7, 11) is -0.119. The highest BCUT2D eigenvalue weighted by atomic mass is 32.2. The number of sulfonamides is 1. The smallest absolute Gasteiger partial charge is 0.267 e. The Balaban J connectivity index is 2.11. The Bertz CT molecular complexity index is 836. The fourth-order valence-electron chi connectivity index (χ4n) is 2.39. The lowest BCUT2D eigenvalue weighted by atomic mass is 10.2. The number of amides is 1. The van der Waals surface area contributed by atoms with E-state index >= 15 is 0 Å². The van der Waals surface area contributed by atoms with Gasteiger partial charge in [0, 0.05) is 19.8 Å². The Labute approximate surface area is 155 Å². The Morgan fingerprint density at radius 2 is 1.58 bits per heavy atom. The van der Waals surface area contributed by atoms with Crippen molar-refractivity contribution >= 4 is 27.3 Å². The molecule has 0 aliphatic carbocycles. The number of ether oxygens (including phenoxy) is 1. The molecule has 2 aromatic rings. The van der Waals surface area contributed by atoms with E-state index in [2.05, 4.69) is 0 Å². The summed E-state index contributed by atoms with van der Waals surface area (Å²) in [6.07, 6.45) is 1.03. The average Bonchev–Trinajstić information content (AvgIpc) is 2.64. The van der Waals surface area contributed by atoms with E-state index in [1.807, 2.05) is 37.3 Å². The van der Waals surface area contributed by atoms with Crippen LogP contribution in [0.25, 0.3) is 0 Å². The summed E-state index contributed by atoms with van der Waals surface area (Å²) < 4.78 is 30.2. The lowest BCUT2D eigenvalue weighted by Crippen LogP contribution is -2.39. The maximum absolute atomic E-state index is 12.7. The Morgan fingerprint density at radius 1 is 1.00 bits per heavy atom. The lowest BCUT2D eigenvalue weighted by Gasteiger charge is -2.24. The number of hydrogen-bond donors (Lipinski definition) is 0. The standard InChI is InChI=1S/C19H24N2O4S/c1-5-18(19(22)20(2)15-9-7-6-8-10-15)25-17-13-11-16(12-14-17)21(3)26(4,23)24/h6-14,18H,5H2,1-4H3/t18-/m1/s1. The summed E-state index contributed by atoms with van der Waals surface area (Å²) in [6, 6.07) is 16.0. The van der Waals surface area contributed by atoms with Gasteiger partial charge in [0.05, 0.1) is 11.9 Å². The first kappa shape index (κ1) is 19.8. The molecule has 0 N–H and O–H groups in total. The molecule has 0 saturated heterocycles. The van der Waals surface area contributed by atoms with Crippen LogP contribution in [-0.4, -0.2) is 40.8 Å². The van der Waals surface area contributed by atoms with Crippen LogP contribution in [0.2, 0.25) is 0 Å². The predicted molar refractivity (Wildman–Crippen MR) is 104 cm³/mol. The van der Waals surface area contributed by atoms with Gasteiger partial charge in [0.15, 0.2) is 6.10 Å². The van der Waals surface area contributed by atoms with Crippen LogP contribution in [0.1, 0.15) is 13.3 Å². The van der Waals surface area contributed by atoms with E-state index in [1.54, 1.807) is 36.2 Å². The molecule has 1 amide bonds. The third-order valence-electron chi connectivity index (χ3n) is 4.10. The van der Waals surface area contributed by atoms with Gasteiger partial charge in [-0.25, -0.2) is 8.42 Å². The molecule has 0 aliphatic rings. The van der Waals surface area contributed by atoms with Crippen LogP contribution < -0.4 is 13.9 Å². The van der Waals surface area contributed by atoms with Gasteiger partial charge in [-0.3, -0.25) is 9.10 Å². The third kappa shape index (κ3) is 4.76. The molecule has 0 unspecified atom stereocenters. The van der Waals surface area contributed by atoms with E-state index < -0.39 is 16.1 Å². The number of rotatable bonds is 7. The number of carbonyl (C=O) groups is 1. The monoisotopic (exact) mass is 376 g/mol. The zero-order valence-corrected chi connectivity index (χ0v) is 16.2. The quantitative estimate of drug-likeness (QED) is 0.745. The predicted octanol–water partition coefficient (Wildman–Crippen LogP) is 2.90. The molecule has 0 radical (unpaired) electrons. The van der Waals surface area contributed by atoms with E-state index in [-0.39, 0.29) is 5.91 Å². The zero-order valence-electron chi connectivity index (χ0n) is 15.4. The number of hydrogen-bond acceptors (Lipinski definition) is 4. The van der Waals surface area contributed by atoms with E-state index in [0.29, 0.717) is 17.9 Å². The number of anilines is 2. The second kappa shape index (κ2) is 8.23. The number of para-hydroxylation sites is 1. The topological polar surface area (TPSA) is 66.9 Å². The maximum atomic E-state index is 12.7. The fraction of sp³-hybridized carbons (Fsp3) is 0.316. The van der Waals surface area contributed by atoms with E-state index in [0.717, 1.165) is 11.9 Å². The number of benzene rings is 2. The van der Waals surface area contributed by atoms with Crippen molar-refractivity contribution < 1.29 is 17.9 Å². The highest BCUT2D eigenvalue weighted by molar-refractivity contribution is 7.92. The van der Waals surface area contributed by atoms with Crippen molar-refractivity contribution in [1.29, 1.82) is 0 Å². The molecule has 0 aromatic heterocycles. The van der Waals surface area contributed by atoms with Gasteiger partial charge < -0.3 is 9.64 Å². The highest BCUT2D eigenvalue weighted by Gasteiger charge is 2.23. The van der Waals surface area contributed by atoms with Gasteiger partial charge in [0.25, 0.3) is 5.91 Å². The zero-order chi connectivity index (χ0) is 19.3. The molecule has 0 heterocycles. The van der Waals surface area contributed by atoms with Crippen molar-refractivity contribution in [2.45, 2.75) is 19.4 Å². The molecule has 2 aromatic carbocycles. The van der Waals surface area contributed by atoms with E-state index in [9.17, 15) is 13.2 Å². The highest BCUT2D eigenvalue weighted by Crippen LogP contribution is 2.22. The summed E-state index contributed by atoms with van der Waals surface area (Å²) in [5.74, 6) is 0.369. The first-order valence-corrected chi connectivity index (χ1v) is 10.1. The van der Waals surface area contributed by atoms with Gasteiger partial charge >= 0.3 is 0 Å². The Kier molecular flexibility index (Phi) is 6.26. The van der Waals surface area contributed by atoms with Crippen molar-refractivity contribution in [2.24, 2.45) is 0 Å². The normalized spacial score (nSPS) is 12.3. The van der Waals surface area contributed by atoms with Gasteiger partial charge in [-0.05, 0) is 42.8 Å². The summed E-state index contributed by atoms with van der Waals surface area (Å²) in [4.78, 5) is 14.3. The average molecular weight is 376 g/mol. The van der Waals surface area contributed by atoms with Gasteiger partial charge in [-0.15, -0.1) is 0 Å². The van der Waals surface area contributed by atoms with Crippen LogP contribution in [0.15, 0.2) is 54.6 Å². The van der Waals surface area contributed by atoms with Crippen molar-refractivity contribution in [1.82, 2.24) is 0 Å². The van der Waals surface area contributed by atoms with Gasteiger partial charge in [-0.1, -0.05) is 25.1 Å². The Morgan fingerprint density at radius 3 is 2.08 bits per heavy atom. The minimum atomic E-state index is -3.32. The second-order valence-electron chi connectivity index (χ2n) is 5.97. The molecule has 2 rings (SSSR count). The van der Waals surface area contributed by atoms with Crippen LogP contribution in [0.5, 0.6) is 5.75 Å². The van der Waals surface area contributed by atoms with E-state index in [4.69, 9.17) is 4.74 Å². The minimum Gasteiger partial charge on any atom is -0.481 e. The summed E-state index contributed by atoms with van der Waals surface area (Å²) >= 11 is 0. The molecular formula is C19H24N2O4S. The summed E-state index contributed by atoms with van der Waals surface area (Å²) in [5, 5.41) is 0. The largest absolute Gasteiger partial charge is 0.481 e. The molecular weight excluding hydrogens is 352 g/mol. The molecule has 26 heavy (non-hydrogen) atoms. The first-order valence-electron chi connectivity index (χ1n) is 8.27. The molecule has 7 heteroatoms. The second-order valence-corrected chi connectivity index (χ2v) is 7.99. The van der Waals surface area contributed by atoms with Crippen LogP contribution in [0.4, 0.5) is 11.4 Å². The molecule has 0 aliphatic heterocycles. The SMILES string of the molecule is CC[C@@H](Oc1ccc(N(C)S(C)(=O)=O)cc1)C(=O)N(C)c1ccccc1. The fourth-order valence-corrected chi connectivity index (χ4v) is 2.90. The minimum absolute atomic E-state index is 0.143. The first-order chi connectivity index (χ1) is 12.2. The van der Waals surface area contributed by atoms with Crippen LogP contribution >= 0.6 is 0 Å². The molecule has 140 valence electrons. The van der Waals surface area contributed by atoms with Crippen molar-refractivity contribution in [3.63, 3.8) is 0 Å². The molecule has 0 bridgehead atoms. The van der Waals surface area contributed by atoms with Gasteiger partial charge in [0.1, 0.15) is 5.75 Å². The van der Waals surface area contributed by atoms with Crippen LogP contribution in [0.3, 0.4) is 0 Å². The number of likely N-dealkylation sites (N-methyl/N-ethyl adjacent to an activating group) is 1. The van der Waals surface area contributed by atoms with Gasteiger partial charge in [-0.2, -0.15) is 0 Å². The summed E-state index contributed by atoms with van der Waals surface area (Å²) in [6.45, 7) is 1.88. The third-order valence-corrected chi connectivity index (χ3v) is 5.30.